The Morgan fingerprint density at radius 1 is 0.968 bits per heavy atom. The van der Waals surface area contributed by atoms with E-state index in [1.54, 1.807) is 30.3 Å². The van der Waals surface area contributed by atoms with E-state index in [4.69, 9.17) is 9.15 Å². The number of nitrogens with one attached hydrogen (secondary N) is 1. The summed E-state index contributed by atoms with van der Waals surface area (Å²) in [6.45, 7) is 1.13. The van der Waals surface area contributed by atoms with E-state index in [0.29, 0.717) is 16.8 Å². The molecule has 0 aliphatic heterocycles. The van der Waals surface area contributed by atoms with E-state index in [9.17, 15) is 14.4 Å². The Kier molecular flexibility index (Phi) is 5.66. The van der Waals surface area contributed by atoms with Crippen molar-refractivity contribution in [1.82, 2.24) is 4.57 Å². The van der Waals surface area contributed by atoms with Crippen molar-refractivity contribution in [2.45, 2.75) is 19.6 Å². The third kappa shape index (κ3) is 4.40. The summed E-state index contributed by atoms with van der Waals surface area (Å²) in [5.74, 6) is -1.85. The number of hydrogen-bond acceptors (Lipinski definition) is 5. The smallest absolute Gasteiger partial charge is 0.420 e. The Morgan fingerprint density at radius 3 is 2.45 bits per heavy atom. The first-order valence-corrected chi connectivity index (χ1v) is 9.76. The van der Waals surface area contributed by atoms with Crippen molar-refractivity contribution in [2.24, 2.45) is 0 Å². The predicted octanol–water partition coefficient (Wildman–Crippen LogP) is 3.83. The Bertz CT molecular complexity index is 1290. The number of hydrogen-bond donors (Lipinski definition) is 1. The highest BCUT2D eigenvalue weighted by atomic mass is 16.5. The number of carbonyl (C=O) groups excluding carboxylic acids is 2. The van der Waals surface area contributed by atoms with Crippen LogP contribution in [0.25, 0.3) is 22.2 Å². The van der Waals surface area contributed by atoms with E-state index in [1.807, 2.05) is 48.5 Å². The minimum Gasteiger partial charge on any atom is -0.451 e. The minimum absolute atomic E-state index is 0.353. The van der Waals surface area contributed by atoms with Gasteiger partial charge in [-0.3, -0.25) is 14.2 Å². The topological polar surface area (TPSA) is 90.5 Å². The van der Waals surface area contributed by atoms with Crippen LogP contribution < -0.4 is 11.1 Å². The van der Waals surface area contributed by atoms with Gasteiger partial charge in [0.2, 0.25) is 0 Å². The zero-order chi connectivity index (χ0) is 21.8. The van der Waals surface area contributed by atoms with Crippen molar-refractivity contribution < 1.29 is 18.7 Å². The average molecular weight is 416 g/mol. The molecule has 4 rings (SSSR count). The Balaban J connectivity index is 1.44. The number of ether oxygens (including phenoxy) is 1. The van der Waals surface area contributed by atoms with Crippen molar-refractivity contribution in [3.8, 4) is 11.1 Å². The van der Waals surface area contributed by atoms with Crippen molar-refractivity contribution in [2.75, 3.05) is 5.32 Å². The van der Waals surface area contributed by atoms with E-state index >= 15 is 0 Å². The zero-order valence-electron chi connectivity index (χ0n) is 16.8. The molecule has 0 radical (unpaired) electrons. The van der Waals surface area contributed by atoms with Gasteiger partial charge < -0.3 is 14.5 Å². The molecule has 3 aromatic carbocycles. The molecule has 1 N–H and O–H groups in total. The maximum atomic E-state index is 12.6. The van der Waals surface area contributed by atoms with Crippen LogP contribution in [-0.2, 0) is 20.9 Å². The lowest BCUT2D eigenvalue weighted by Gasteiger charge is -2.16. The van der Waals surface area contributed by atoms with Gasteiger partial charge in [-0.05, 0) is 30.7 Å². The van der Waals surface area contributed by atoms with Gasteiger partial charge in [0.15, 0.2) is 11.7 Å². The highest BCUT2D eigenvalue weighted by Crippen LogP contribution is 2.27. The number of anilines is 1. The molecule has 1 atom stereocenters. The lowest BCUT2D eigenvalue weighted by atomic mass is 10.0. The number of fused-ring (bicyclic) bond motifs is 1. The van der Waals surface area contributed by atoms with Gasteiger partial charge in [0.05, 0.1) is 5.52 Å². The molecule has 7 heteroatoms. The second-order valence-electron chi connectivity index (χ2n) is 6.95. The summed E-state index contributed by atoms with van der Waals surface area (Å²) in [4.78, 5) is 37.0. The minimum atomic E-state index is -1.05. The van der Waals surface area contributed by atoms with Gasteiger partial charge in [-0.25, -0.2) is 4.79 Å². The summed E-state index contributed by atoms with van der Waals surface area (Å²) in [5.41, 5.74) is 3.28. The summed E-state index contributed by atoms with van der Waals surface area (Å²) in [5, 5.41) is 2.81. The number of para-hydroxylation sites is 3. The van der Waals surface area contributed by atoms with Gasteiger partial charge in [0.25, 0.3) is 5.91 Å². The molecule has 0 saturated heterocycles. The van der Waals surface area contributed by atoms with E-state index < -0.39 is 23.7 Å². The van der Waals surface area contributed by atoms with Crippen LogP contribution in [0.3, 0.4) is 0 Å². The number of carbonyl (C=O) groups is 2. The summed E-state index contributed by atoms with van der Waals surface area (Å²) in [6.07, 6.45) is -1.05. The van der Waals surface area contributed by atoms with Gasteiger partial charge in [-0.1, -0.05) is 60.7 Å². The molecule has 31 heavy (non-hydrogen) atoms. The van der Waals surface area contributed by atoms with Gasteiger partial charge in [0.1, 0.15) is 6.54 Å². The molecule has 0 bridgehead atoms. The summed E-state index contributed by atoms with van der Waals surface area (Å²) in [7, 11) is 0. The molecule has 1 aromatic heterocycles. The first kappa shape index (κ1) is 20.2. The molecule has 0 saturated carbocycles. The quantitative estimate of drug-likeness (QED) is 0.483. The van der Waals surface area contributed by atoms with Crippen LogP contribution in [0.4, 0.5) is 5.69 Å². The van der Waals surface area contributed by atoms with Crippen LogP contribution in [-0.4, -0.2) is 22.5 Å². The molecule has 0 unspecified atom stereocenters. The normalized spacial score (nSPS) is 11.8. The van der Waals surface area contributed by atoms with Crippen LogP contribution in [0.1, 0.15) is 6.92 Å². The van der Waals surface area contributed by atoms with Gasteiger partial charge >= 0.3 is 11.7 Å². The summed E-state index contributed by atoms with van der Waals surface area (Å²) < 4.78 is 11.5. The first-order chi connectivity index (χ1) is 15.0. The Labute approximate surface area is 177 Å². The lowest BCUT2D eigenvalue weighted by Crippen LogP contribution is -2.32. The zero-order valence-corrected chi connectivity index (χ0v) is 16.8. The Hall–Kier alpha value is -4.13. The molecule has 1 heterocycles. The first-order valence-electron chi connectivity index (χ1n) is 9.76. The number of rotatable bonds is 6. The highest BCUT2D eigenvalue weighted by Gasteiger charge is 2.21. The van der Waals surface area contributed by atoms with Crippen LogP contribution in [0, 0.1) is 0 Å². The number of oxazole rings is 1. The molecule has 0 fully saturated rings. The molecule has 1 amide bonds. The van der Waals surface area contributed by atoms with Gasteiger partial charge in [0, 0.05) is 11.3 Å². The van der Waals surface area contributed by atoms with Gasteiger partial charge in [-0.2, -0.15) is 0 Å². The fraction of sp³-hybridized carbons (Fsp3) is 0.125. The van der Waals surface area contributed by atoms with Crippen molar-refractivity contribution >= 4 is 28.7 Å². The molecule has 0 aliphatic rings. The molecule has 4 aromatic rings. The second-order valence-corrected chi connectivity index (χ2v) is 6.95. The summed E-state index contributed by atoms with van der Waals surface area (Å²) >= 11 is 0. The van der Waals surface area contributed by atoms with Crippen LogP contribution >= 0.6 is 0 Å². The second kappa shape index (κ2) is 8.71. The maximum absolute atomic E-state index is 12.6. The number of amides is 1. The molecule has 7 nitrogen and oxygen atoms in total. The number of aromatic nitrogens is 1. The fourth-order valence-electron chi connectivity index (χ4n) is 3.28. The molecular weight excluding hydrogens is 396 g/mol. The standard InChI is InChI=1S/C24H20N2O5/c1-16(30-22(27)15-26-20-13-7-8-14-21(20)31-24(26)29)23(28)25-19-12-6-5-11-18(19)17-9-3-2-4-10-17/h2-14,16H,15H2,1H3,(H,25,28)/t16-/m1/s1. The van der Waals surface area contributed by atoms with Crippen molar-refractivity contribution in [1.29, 1.82) is 0 Å². The lowest BCUT2D eigenvalue weighted by molar-refractivity contribution is -0.153. The number of benzene rings is 3. The third-order valence-corrected chi connectivity index (χ3v) is 4.81. The van der Waals surface area contributed by atoms with Gasteiger partial charge in [-0.15, -0.1) is 0 Å². The summed E-state index contributed by atoms with van der Waals surface area (Å²) in [6, 6.07) is 23.8. The van der Waals surface area contributed by atoms with E-state index in [-0.39, 0.29) is 6.54 Å². The van der Waals surface area contributed by atoms with Crippen LogP contribution in [0.5, 0.6) is 0 Å². The van der Waals surface area contributed by atoms with Crippen LogP contribution in [0.2, 0.25) is 0 Å². The highest BCUT2D eigenvalue weighted by molar-refractivity contribution is 5.98. The Morgan fingerprint density at radius 2 is 1.65 bits per heavy atom. The van der Waals surface area contributed by atoms with Crippen molar-refractivity contribution in [3.05, 3.63) is 89.4 Å². The third-order valence-electron chi connectivity index (χ3n) is 4.81. The number of nitrogens with zero attached hydrogens (tertiary/aromatic N) is 1. The fourth-order valence-corrected chi connectivity index (χ4v) is 3.28. The van der Waals surface area contributed by atoms with E-state index in [2.05, 4.69) is 5.32 Å². The monoisotopic (exact) mass is 416 g/mol. The SMILES string of the molecule is C[C@@H](OC(=O)Cn1c(=O)oc2ccccc21)C(=O)Nc1ccccc1-c1ccccc1. The average Bonchev–Trinajstić information content (AvgIpc) is 3.09. The molecule has 156 valence electrons. The molecular formula is C24H20N2O5. The predicted molar refractivity (Wildman–Crippen MR) is 117 cm³/mol. The van der Waals surface area contributed by atoms with E-state index in [1.165, 1.54) is 11.5 Å². The maximum Gasteiger partial charge on any atom is 0.420 e. The molecule has 0 spiro atoms. The largest absolute Gasteiger partial charge is 0.451 e. The number of esters is 1. The van der Waals surface area contributed by atoms with E-state index in [0.717, 1.165) is 11.1 Å². The van der Waals surface area contributed by atoms with Crippen molar-refractivity contribution in [3.63, 3.8) is 0 Å². The molecule has 0 aliphatic carbocycles. The van der Waals surface area contributed by atoms with Crippen LogP contribution in [0.15, 0.2) is 88.1 Å².